The lowest BCUT2D eigenvalue weighted by molar-refractivity contribution is -0.123. The van der Waals surface area contributed by atoms with E-state index in [9.17, 15) is 9.59 Å². The number of amides is 1. The van der Waals surface area contributed by atoms with Gasteiger partial charge in [-0.15, -0.1) is 0 Å². The highest BCUT2D eigenvalue weighted by molar-refractivity contribution is 6.30. The van der Waals surface area contributed by atoms with Gasteiger partial charge in [-0.1, -0.05) is 23.7 Å². The minimum absolute atomic E-state index is 0.163. The summed E-state index contributed by atoms with van der Waals surface area (Å²) in [5.74, 6) is 0.258. The highest BCUT2D eigenvalue weighted by Crippen LogP contribution is 2.28. The van der Waals surface area contributed by atoms with Crippen LogP contribution in [0.4, 0.5) is 0 Å². The predicted molar refractivity (Wildman–Crippen MR) is 122 cm³/mol. The van der Waals surface area contributed by atoms with Gasteiger partial charge in [0.05, 0.1) is 18.9 Å². The molecule has 0 aliphatic heterocycles. The Hall–Kier alpha value is -3.84. The first-order valence-electron chi connectivity index (χ1n) is 9.62. The lowest BCUT2D eigenvalue weighted by atomic mass is 10.2. The average molecular weight is 453 g/mol. The summed E-state index contributed by atoms with van der Waals surface area (Å²) in [7, 11) is 1.46. The molecule has 1 N–H and O–H groups in total. The normalized spacial score (nSPS) is 10.6. The van der Waals surface area contributed by atoms with Gasteiger partial charge in [0.1, 0.15) is 5.75 Å². The van der Waals surface area contributed by atoms with Crippen molar-refractivity contribution in [3.63, 3.8) is 0 Å². The standard InChI is InChI=1S/C24H21ClN2O5/c1-16-4-3-5-20(12-16)31-15-23(28)27-26-14-17-6-11-21(22(13-17)30-2)32-24(29)18-7-9-19(25)10-8-18/h3-14H,15H2,1-2H3,(H,27,28)/b26-14+. The fourth-order valence-corrected chi connectivity index (χ4v) is 2.78. The molecule has 0 aliphatic carbocycles. The minimum Gasteiger partial charge on any atom is -0.493 e. The highest BCUT2D eigenvalue weighted by atomic mass is 35.5. The number of hydrazone groups is 1. The Bertz CT molecular complexity index is 1130. The zero-order valence-corrected chi connectivity index (χ0v) is 18.3. The van der Waals surface area contributed by atoms with Gasteiger partial charge < -0.3 is 14.2 Å². The molecule has 3 aromatic carbocycles. The monoisotopic (exact) mass is 452 g/mol. The van der Waals surface area contributed by atoms with E-state index in [-0.39, 0.29) is 12.4 Å². The van der Waals surface area contributed by atoms with Gasteiger partial charge in [-0.2, -0.15) is 5.10 Å². The zero-order chi connectivity index (χ0) is 22.9. The highest BCUT2D eigenvalue weighted by Gasteiger charge is 2.13. The van der Waals surface area contributed by atoms with Gasteiger partial charge in [-0.05, 0) is 72.6 Å². The van der Waals surface area contributed by atoms with Crippen molar-refractivity contribution in [2.45, 2.75) is 6.92 Å². The fraction of sp³-hybridized carbons (Fsp3) is 0.125. The average Bonchev–Trinajstić information content (AvgIpc) is 2.79. The Balaban J connectivity index is 1.56. The summed E-state index contributed by atoms with van der Waals surface area (Å²) in [5, 5.41) is 4.44. The van der Waals surface area contributed by atoms with E-state index >= 15 is 0 Å². The van der Waals surface area contributed by atoms with E-state index in [0.29, 0.717) is 27.6 Å². The summed E-state index contributed by atoms with van der Waals surface area (Å²) < 4.78 is 16.1. The van der Waals surface area contributed by atoms with Crippen LogP contribution < -0.4 is 19.6 Å². The van der Waals surface area contributed by atoms with Gasteiger partial charge in [0.25, 0.3) is 5.91 Å². The van der Waals surface area contributed by atoms with Crippen molar-refractivity contribution >= 4 is 29.7 Å². The lowest BCUT2D eigenvalue weighted by Crippen LogP contribution is -2.24. The van der Waals surface area contributed by atoms with Crippen LogP contribution in [0.1, 0.15) is 21.5 Å². The summed E-state index contributed by atoms with van der Waals surface area (Å²) in [6.07, 6.45) is 1.44. The van der Waals surface area contributed by atoms with Crippen LogP contribution in [0.2, 0.25) is 5.02 Å². The number of hydrogen-bond donors (Lipinski definition) is 1. The second kappa shape index (κ2) is 11.0. The molecule has 0 saturated heterocycles. The van der Waals surface area contributed by atoms with E-state index in [4.69, 9.17) is 25.8 Å². The number of esters is 1. The largest absolute Gasteiger partial charge is 0.493 e. The Morgan fingerprint density at radius 3 is 2.53 bits per heavy atom. The fourth-order valence-electron chi connectivity index (χ4n) is 2.66. The Morgan fingerprint density at radius 1 is 1.03 bits per heavy atom. The molecule has 8 heteroatoms. The SMILES string of the molecule is COc1cc(/C=N/NC(=O)COc2cccc(C)c2)ccc1OC(=O)c1ccc(Cl)cc1. The third kappa shape index (κ3) is 6.58. The van der Waals surface area contributed by atoms with Crippen LogP contribution in [0.5, 0.6) is 17.2 Å². The molecule has 0 aromatic heterocycles. The maximum absolute atomic E-state index is 12.3. The number of benzene rings is 3. The van der Waals surface area contributed by atoms with Gasteiger partial charge in [-0.25, -0.2) is 10.2 Å². The second-order valence-electron chi connectivity index (χ2n) is 6.71. The first-order chi connectivity index (χ1) is 15.4. The summed E-state index contributed by atoms with van der Waals surface area (Å²) in [6, 6.07) is 18.6. The molecule has 164 valence electrons. The van der Waals surface area contributed by atoms with Crippen LogP contribution in [-0.4, -0.2) is 31.8 Å². The molecule has 0 unspecified atom stereocenters. The topological polar surface area (TPSA) is 86.2 Å². The number of nitrogens with zero attached hydrogens (tertiary/aromatic N) is 1. The van der Waals surface area contributed by atoms with Crippen molar-refractivity contribution in [1.82, 2.24) is 5.43 Å². The third-order valence-electron chi connectivity index (χ3n) is 4.23. The van der Waals surface area contributed by atoms with E-state index in [2.05, 4.69) is 10.5 Å². The first-order valence-corrected chi connectivity index (χ1v) is 9.99. The molecule has 0 fully saturated rings. The molecule has 1 amide bonds. The number of halogens is 1. The molecule has 0 heterocycles. The van der Waals surface area contributed by atoms with Crippen LogP contribution in [0.15, 0.2) is 71.8 Å². The van der Waals surface area contributed by atoms with E-state index in [1.165, 1.54) is 13.3 Å². The zero-order valence-electron chi connectivity index (χ0n) is 17.5. The predicted octanol–water partition coefficient (Wildman–Crippen LogP) is 4.41. The van der Waals surface area contributed by atoms with Gasteiger partial charge in [0.2, 0.25) is 0 Å². The van der Waals surface area contributed by atoms with E-state index in [1.807, 2.05) is 25.1 Å². The maximum Gasteiger partial charge on any atom is 0.343 e. The molecule has 0 spiro atoms. The van der Waals surface area contributed by atoms with Crippen LogP contribution in [0, 0.1) is 6.92 Å². The molecule has 0 atom stereocenters. The van der Waals surface area contributed by atoms with Gasteiger partial charge >= 0.3 is 5.97 Å². The van der Waals surface area contributed by atoms with Gasteiger partial charge in [0, 0.05) is 5.02 Å². The van der Waals surface area contributed by atoms with E-state index < -0.39 is 11.9 Å². The smallest absolute Gasteiger partial charge is 0.343 e. The molecular weight excluding hydrogens is 432 g/mol. The van der Waals surface area contributed by atoms with Crippen molar-refractivity contribution in [3.05, 3.63) is 88.4 Å². The molecule has 32 heavy (non-hydrogen) atoms. The molecule has 0 radical (unpaired) electrons. The van der Waals surface area contributed by atoms with Crippen molar-refractivity contribution in [1.29, 1.82) is 0 Å². The van der Waals surface area contributed by atoms with Gasteiger partial charge in [0.15, 0.2) is 18.1 Å². The van der Waals surface area contributed by atoms with Crippen LogP contribution in [0.25, 0.3) is 0 Å². The van der Waals surface area contributed by atoms with Crippen molar-refractivity contribution in [3.8, 4) is 17.2 Å². The number of carbonyl (C=O) groups excluding carboxylic acids is 2. The van der Waals surface area contributed by atoms with E-state index in [1.54, 1.807) is 48.5 Å². The van der Waals surface area contributed by atoms with E-state index in [0.717, 1.165) is 5.56 Å². The first kappa shape index (κ1) is 22.8. The van der Waals surface area contributed by atoms with Gasteiger partial charge in [-0.3, -0.25) is 4.79 Å². The lowest BCUT2D eigenvalue weighted by Gasteiger charge is -2.10. The molecule has 3 rings (SSSR count). The molecular formula is C24H21ClN2O5. The number of methoxy groups -OCH3 is 1. The Morgan fingerprint density at radius 2 is 1.81 bits per heavy atom. The number of nitrogens with one attached hydrogen (secondary N) is 1. The van der Waals surface area contributed by atoms with Crippen molar-refractivity contribution < 1.29 is 23.8 Å². The summed E-state index contributed by atoms with van der Waals surface area (Å²) in [6.45, 7) is 1.78. The summed E-state index contributed by atoms with van der Waals surface area (Å²) >= 11 is 5.84. The van der Waals surface area contributed by atoms with Crippen molar-refractivity contribution in [2.75, 3.05) is 13.7 Å². The summed E-state index contributed by atoms with van der Waals surface area (Å²) in [4.78, 5) is 24.2. The van der Waals surface area contributed by atoms with Crippen LogP contribution in [-0.2, 0) is 4.79 Å². The molecule has 0 bridgehead atoms. The summed E-state index contributed by atoms with van der Waals surface area (Å²) in [5.41, 5.74) is 4.43. The minimum atomic E-state index is -0.540. The number of ether oxygens (including phenoxy) is 3. The number of hydrogen-bond acceptors (Lipinski definition) is 6. The number of aryl methyl sites for hydroxylation is 1. The molecule has 7 nitrogen and oxygen atoms in total. The molecule has 0 saturated carbocycles. The molecule has 3 aromatic rings. The molecule has 0 aliphatic rings. The number of carbonyl (C=O) groups is 2. The Kier molecular flexibility index (Phi) is 7.83. The van der Waals surface area contributed by atoms with Crippen LogP contribution >= 0.6 is 11.6 Å². The maximum atomic E-state index is 12.3. The Labute approximate surface area is 190 Å². The number of rotatable bonds is 8. The second-order valence-corrected chi connectivity index (χ2v) is 7.14. The quantitative estimate of drug-likeness (QED) is 0.237. The van der Waals surface area contributed by atoms with Crippen molar-refractivity contribution in [2.24, 2.45) is 5.10 Å². The third-order valence-corrected chi connectivity index (χ3v) is 4.48. The van der Waals surface area contributed by atoms with Crippen LogP contribution in [0.3, 0.4) is 0 Å².